The summed E-state index contributed by atoms with van der Waals surface area (Å²) < 4.78 is 13.4. The SMILES string of the molecule is CC[C@H](O[Si](C)(C)C)[C@H]1CCC2C3CC[C@@H]4CC(O[Si](C)(C)C)CC[C@]4(C)C3CC[C@@]21C. The summed E-state index contributed by atoms with van der Waals surface area (Å²) in [5.41, 5.74) is 1.09. The standard InChI is InChI=1S/C28H54O2Si2/c1-10-26(30-32(7,8)9)25-14-13-23-22-12-11-20-19-21(29-31(4,5)6)15-17-27(20,2)24(22)16-18-28(23,25)3/h20-26H,10-19H2,1-9H3/t20-,21?,22?,23?,24?,25-,26+,27+,28+/m1/s1. The fourth-order valence-electron chi connectivity index (χ4n) is 9.38. The highest BCUT2D eigenvalue weighted by Gasteiger charge is 2.61. The molecule has 4 rings (SSSR count). The van der Waals surface area contributed by atoms with E-state index in [1.165, 1.54) is 64.2 Å². The smallest absolute Gasteiger partial charge is 0.184 e. The van der Waals surface area contributed by atoms with Gasteiger partial charge in [-0.05, 0) is 144 Å². The molecular weight excluding hydrogens is 424 g/mol. The van der Waals surface area contributed by atoms with Crippen molar-refractivity contribution >= 4 is 16.6 Å². The number of rotatable bonds is 6. The highest BCUT2D eigenvalue weighted by atomic mass is 28.4. The van der Waals surface area contributed by atoms with Crippen LogP contribution in [0.4, 0.5) is 0 Å². The minimum Gasteiger partial charge on any atom is -0.415 e. The predicted molar refractivity (Wildman–Crippen MR) is 142 cm³/mol. The molecule has 9 atom stereocenters. The third-order valence-electron chi connectivity index (χ3n) is 10.6. The van der Waals surface area contributed by atoms with Crippen molar-refractivity contribution in [3.8, 4) is 0 Å². The second-order valence-electron chi connectivity index (χ2n) is 14.7. The summed E-state index contributed by atoms with van der Waals surface area (Å²) in [6.45, 7) is 22.0. The van der Waals surface area contributed by atoms with Crippen LogP contribution in [0.3, 0.4) is 0 Å². The van der Waals surface area contributed by atoms with E-state index >= 15 is 0 Å². The first-order chi connectivity index (χ1) is 14.8. The maximum absolute atomic E-state index is 6.81. The largest absolute Gasteiger partial charge is 0.415 e. The van der Waals surface area contributed by atoms with Crippen molar-refractivity contribution < 1.29 is 8.85 Å². The first kappa shape index (κ1) is 25.4. The third kappa shape index (κ3) is 4.73. The first-order valence-corrected chi connectivity index (χ1v) is 20.9. The number of hydrogen-bond acceptors (Lipinski definition) is 2. The molecule has 4 aliphatic carbocycles. The van der Waals surface area contributed by atoms with Crippen molar-refractivity contribution in [1.82, 2.24) is 0 Å². The van der Waals surface area contributed by atoms with Gasteiger partial charge in [-0.2, -0.15) is 0 Å². The third-order valence-corrected chi connectivity index (χ3v) is 12.6. The van der Waals surface area contributed by atoms with E-state index in [4.69, 9.17) is 8.85 Å². The molecule has 32 heavy (non-hydrogen) atoms. The lowest BCUT2D eigenvalue weighted by molar-refractivity contribution is -0.130. The van der Waals surface area contributed by atoms with Gasteiger partial charge in [0.15, 0.2) is 16.6 Å². The van der Waals surface area contributed by atoms with Crippen LogP contribution < -0.4 is 0 Å². The van der Waals surface area contributed by atoms with Crippen LogP contribution in [0.25, 0.3) is 0 Å². The summed E-state index contributed by atoms with van der Waals surface area (Å²) >= 11 is 0. The second kappa shape index (κ2) is 8.78. The Hall–Kier alpha value is 0.354. The summed E-state index contributed by atoms with van der Waals surface area (Å²) in [4.78, 5) is 0. The number of fused-ring (bicyclic) bond motifs is 5. The molecule has 4 saturated carbocycles. The Kier molecular flexibility index (Phi) is 6.98. The van der Waals surface area contributed by atoms with Crippen LogP contribution >= 0.6 is 0 Å². The quantitative estimate of drug-likeness (QED) is 0.356. The van der Waals surface area contributed by atoms with Gasteiger partial charge in [-0.25, -0.2) is 0 Å². The second-order valence-corrected chi connectivity index (χ2v) is 23.6. The molecule has 0 aromatic carbocycles. The van der Waals surface area contributed by atoms with Gasteiger partial charge in [0.2, 0.25) is 0 Å². The molecule has 0 spiro atoms. The molecule has 0 heterocycles. The van der Waals surface area contributed by atoms with Crippen LogP contribution in [0.1, 0.15) is 85.0 Å². The van der Waals surface area contributed by atoms with Crippen LogP contribution in [-0.4, -0.2) is 28.8 Å². The first-order valence-electron chi connectivity index (χ1n) is 14.1. The summed E-state index contributed by atoms with van der Waals surface area (Å²) in [5.74, 6) is 4.57. The molecule has 4 heteroatoms. The molecule has 0 N–H and O–H groups in total. The fourth-order valence-corrected chi connectivity index (χ4v) is 11.8. The normalized spacial score (nSPS) is 45.7. The van der Waals surface area contributed by atoms with Gasteiger partial charge < -0.3 is 8.85 Å². The van der Waals surface area contributed by atoms with Crippen LogP contribution in [0.5, 0.6) is 0 Å². The molecule has 0 aromatic rings. The average Bonchev–Trinajstić information content (AvgIpc) is 3.02. The summed E-state index contributed by atoms with van der Waals surface area (Å²) in [6, 6.07) is 0. The highest BCUT2D eigenvalue weighted by molar-refractivity contribution is 6.70. The van der Waals surface area contributed by atoms with E-state index in [1.807, 2.05) is 0 Å². The van der Waals surface area contributed by atoms with Crippen molar-refractivity contribution in [2.24, 2.45) is 40.4 Å². The minimum atomic E-state index is -1.50. The highest BCUT2D eigenvalue weighted by Crippen LogP contribution is 2.68. The lowest BCUT2D eigenvalue weighted by Gasteiger charge is -2.61. The topological polar surface area (TPSA) is 18.5 Å². The Morgan fingerprint density at radius 1 is 0.781 bits per heavy atom. The molecule has 0 bridgehead atoms. The van der Waals surface area contributed by atoms with Crippen molar-refractivity contribution in [3.05, 3.63) is 0 Å². The van der Waals surface area contributed by atoms with Gasteiger partial charge in [0.05, 0.1) is 0 Å². The molecule has 186 valence electrons. The average molecular weight is 479 g/mol. The van der Waals surface area contributed by atoms with E-state index in [0.717, 1.165) is 29.6 Å². The maximum atomic E-state index is 6.81. The van der Waals surface area contributed by atoms with Crippen LogP contribution in [0.2, 0.25) is 39.3 Å². The van der Waals surface area contributed by atoms with Crippen molar-refractivity contribution in [2.75, 3.05) is 0 Å². The van der Waals surface area contributed by atoms with E-state index in [2.05, 4.69) is 60.1 Å². The van der Waals surface area contributed by atoms with Gasteiger partial charge in [-0.15, -0.1) is 0 Å². The molecule has 4 aliphatic rings. The van der Waals surface area contributed by atoms with Crippen LogP contribution in [0, 0.1) is 40.4 Å². The van der Waals surface area contributed by atoms with Gasteiger partial charge in [0, 0.05) is 12.2 Å². The van der Waals surface area contributed by atoms with Gasteiger partial charge in [0.25, 0.3) is 0 Å². The van der Waals surface area contributed by atoms with E-state index < -0.39 is 16.6 Å². The van der Waals surface area contributed by atoms with E-state index in [9.17, 15) is 0 Å². The minimum absolute atomic E-state index is 0.495. The van der Waals surface area contributed by atoms with E-state index in [1.54, 1.807) is 0 Å². The molecule has 0 amide bonds. The van der Waals surface area contributed by atoms with Gasteiger partial charge >= 0.3 is 0 Å². The zero-order valence-electron chi connectivity index (χ0n) is 22.9. The number of hydrogen-bond donors (Lipinski definition) is 0. The summed E-state index contributed by atoms with van der Waals surface area (Å²) in [5, 5.41) is 0. The van der Waals surface area contributed by atoms with Crippen molar-refractivity contribution in [2.45, 2.75) is 136 Å². The molecule has 0 saturated heterocycles. The van der Waals surface area contributed by atoms with Gasteiger partial charge in [0.1, 0.15) is 0 Å². The Morgan fingerprint density at radius 2 is 1.44 bits per heavy atom. The van der Waals surface area contributed by atoms with Crippen molar-refractivity contribution in [1.29, 1.82) is 0 Å². The van der Waals surface area contributed by atoms with Gasteiger partial charge in [-0.3, -0.25) is 0 Å². The maximum Gasteiger partial charge on any atom is 0.184 e. The van der Waals surface area contributed by atoms with Crippen molar-refractivity contribution in [3.63, 3.8) is 0 Å². The fraction of sp³-hybridized carbons (Fsp3) is 1.00. The zero-order valence-corrected chi connectivity index (χ0v) is 24.9. The summed E-state index contributed by atoms with van der Waals surface area (Å²) in [6.07, 6.45) is 15.1. The Labute approximate surface area is 202 Å². The van der Waals surface area contributed by atoms with Crippen LogP contribution in [-0.2, 0) is 8.85 Å². The van der Waals surface area contributed by atoms with Gasteiger partial charge in [-0.1, -0.05) is 20.8 Å². The molecule has 0 aromatic heterocycles. The Balaban J connectivity index is 1.49. The molecule has 0 radical (unpaired) electrons. The Bertz CT molecular complexity index is 667. The van der Waals surface area contributed by atoms with E-state index in [0.29, 0.717) is 23.0 Å². The van der Waals surface area contributed by atoms with Crippen LogP contribution in [0.15, 0.2) is 0 Å². The monoisotopic (exact) mass is 478 g/mol. The predicted octanol–water partition coefficient (Wildman–Crippen LogP) is 8.50. The molecule has 4 fully saturated rings. The molecular formula is C28H54O2Si2. The molecule has 0 aliphatic heterocycles. The molecule has 4 unspecified atom stereocenters. The summed E-state index contributed by atoms with van der Waals surface area (Å²) in [7, 11) is -2.94. The Morgan fingerprint density at radius 3 is 2.06 bits per heavy atom. The lowest BCUT2D eigenvalue weighted by Crippen LogP contribution is -2.55. The lowest BCUT2D eigenvalue weighted by atomic mass is 9.44. The van der Waals surface area contributed by atoms with E-state index in [-0.39, 0.29) is 0 Å². The zero-order chi connectivity index (χ0) is 23.5. The molecule has 2 nitrogen and oxygen atoms in total.